The molecule has 2 heterocycles. The van der Waals surface area contributed by atoms with E-state index in [0.29, 0.717) is 18.3 Å². The molecule has 6 heteroatoms. The highest BCUT2D eigenvalue weighted by Gasteiger charge is 2.35. The van der Waals surface area contributed by atoms with E-state index in [1.165, 1.54) is 6.42 Å². The van der Waals surface area contributed by atoms with Gasteiger partial charge in [0.25, 0.3) is 0 Å². The molecule has 158 valence electrons. The molecule has 0 aromatic carbocycles. The minimum atomic E-state index is 0.126. The Morgan fingerprint density at radius 3 is 2.71 bits per heavy atom. The maximum absolute atomic E-state index is 6.09. The van der Waals surface area contributed by atoms with E-state index < -0.39 is 0 Å². The Hall–Kier alpha value is -1.82. The first kappa shape index (κ1) is 22.5. The number of hydrogen-bond acceptors (Lipinski definition) is 4. The van der Waals surface area contributed by atoms with E-state index in [1.54, 1.807) is 0 Å². The lowest BCUT2D eigenvalue weighted by atomic mass is 9.78. The van der Waals surface area contributed by atoms with Crippen LogP contribution >= 0.6 is 0 Å². The maximum Gasteiger partial charge on any atom is 0.213 e. The van der Waals surface area contributed by atoms with Crippen molar-refractivity contribution in [1.82, 2.24) is 15.6 Å². The van der Waals surface area contributed by atoms with Gasteiger partial charge in [0.1, 0.15) is 0 Å². The van der Waals surface area contributed by atoms with Crippen LogP contribution in [0.15, 0.2) is 23.3 Å². The van der Waals surface area contributed by atoms with E-state index in [2.05, 4.69) is 43.3 Å². The monoisotopic (exact) mass is 390 g/mol. The third-order valence-electron chi connectivity index (χ3n) is 4.75. The van der Waals surface area contributed by atoms with E-state index in [1.807, 2.05) is 32.2 Å². The SMILES string of the molecule is CCNC(=NCc1ccc(OC(C)C)nc1)NCC1CCCOC1C(C)(C)C. The zero-order chi connectivity index (χ0) is 20.6. The summed E-state index contributed by atoms with van der Waals surface area (Å²) in [5.74, 6) is 1.98. The summed E-state index contributed by atoms with van der Waals surface area (Å²) in [6.07, 6.45) is 4.55. The van der Waals surface area contributed by atoms with Crippen LogP contribution in [0.4, 0.5) is 0 Å². The number of aromatic nitrogens is 1. The number of nitrogens with one attached hydrogen (secondary N) is 2. The van der Waals surface area contributed by atoms with Gasteiger partial charge in [0.05, 0.1) is 18.8 Å². The summed E-state index contributed by atoms with van der Waals surface area (Å²) in [5, 5.41) is 6.85. The molecule has 0 amide bonds. The number of nitrogens with zero attached hydrogens (tertiary/aromatic N) is 2. The minimum absolute atomic E-state index is 0.126. The van der Waals surface area contributed by atoms with Gasteiger partial charge in [-0.15, -0.1) is 0 Å². The predicted molar refractivity (Wildman–Crippen MR) is 115 cm³/mol. The second-order valence-corrected chi connectivity index (χ2v) is 8.81. The molecule has 2 atom stereocenters. The molecule has 2 N–H and O–H groups in total. The van der Waals surface area contributed by atoms with Gasteiger partial charge in [0.15, 0.2) is 5.96 Å². The maximum atomic E-state index is 6.09. The fourth-order valence-corrected chi connectivity index (χ4v) is 3.57. The Morgan fingerprint density at radius 1 is 1.32 bits per heavy atom. The van der Waals surface area contributed by atoms with Crippen molar-refractivity contribution in [2.75, 3.05) is 19.7 Å². The second kappa shape index (κ2) is 10.6. The van der Waals surface area contributed by atoms with Crippen LogP contribution in [0.1, 0.15) is 59.9 Å². The van der Waals surface area contributed by atoms with Crippen molar-refractivity contribution >= 4 is 5.96 Å². The lowest BCUT2D eigenvalue weighted by Crippen LogP contribution is -2.47. The van der Waals surface area contributed by atoms with Crippen LogP contribution in [0.2, 0.25) is 0 Å². The van der Waals surface area contributed by atoms with E-state index in [4.69, 9.17) is 14.5 Å². The summed E-state index contributed by atoms with van der Waals surface area (Å²) in [6.45, 7) is 16.0. The minimum Gasteiger partial charge on any atom is -0.475 e. The second-order valence-electron chi connectivity index (χ2n) is 8.81. The lowest BCUT2D eigenvalue weighted by molar-refractivity contribution is -0.0835. The van der Waals surface area contributed by atoms with Crippen molar-refractivity contribution < 1.29 is 9.47 Å². The first-order valence-corrected chi connectivity index (χ1v) is 10.5. The summed E-state index contributed by atoms with van der Waals surface area (Å²) in [7, 11) is 0. The largest absolute Gasteiger partial charge is 0.475 e. The fraction of sp³-hybridized carbons (Fsp3) is 0.727. The van der Waals surface area contributed by atoms with Crippen molar-refractivity contribution in [3.8, 4) is 5.88 Å². The van der Waals surface area contributed by atoms with E-state index in [9.17, 15) is 0 Å². The highest BCUT2D eigenvalue weighted by molar-refractivity contribution is 5.79. The van der Waals surface area contributed by atoms with E-state index in [-0.39, 0.29) is 17.6 Å². The van der Waals surface area contributed by atoms with Crippen molar-refractivity contribution in [3.63, 3.8) is 0 Å². The Balaban J connectivity index is 1.94. The van der Waals surface area contributed by atoms with Gasteiger partial charge in [0, 0.05) is 37.9 Å². The Labute approximate surface area is 170 Å². The van der Waals surface area contributed by atoms with Crippen molar-refractivity contribution in [2.24, 2.45) is 16.3 Å². The normalized spacial score (nSPS) is 20.9. The molecule has 0 aliphatic carbocycles. The molecule has 0 bridgehead atoms. The van der Waals surface area contributed by atoms with Gasteiger partial charge in [0.2, 0.25) is 5.88 Å². The van der Waals surface area contributed by atoms with Crippen LogP contribution in [-0.4, -0.2) is 42.8 Å². The summed E-state index contributed by atoms with van der Waals surface area (Å²) in [5.41, 5.74) is 1.20. The van der Waals surface area contributed by atoms with Gasteiger partial charge >= 0.3 is 0 Å². The number of rotatable bonds is 7. The standard InChI is InChI=1S/C22H38N4O2/c1-7-23-21(25-14-17-10-11-19(24-13-17)28-16(2)3)26-15-18-9-8-12-27-20(18)22(4,5)6/h10-11,13,16,18,20H,7-9,12,14-15H2,1-6H3,(H2,23,25,26). The van der Waals surface area contributed by atoms with Gasteiger partial charge in [-0.2, -0.15) is 0 Å². The number of ether oxygens (including phenoxy) is 2. The van der Waals surface area contributed by atoms with Crippen molar-refractivity contribution in [2.45, 2.75) is 73.1 Å². The van der Waals surface area contributed by atoms with Crippen LogP contribution in [-0.2, 0) is 11.3 Å². The Morgan fingerprint density at radius 2 is 2.11 bits per heavy atom. The van der Waals surface area contributed by atoms with Crippen LogP contribution in [0, 0.1) is 11.3 Å². The Bertz CT molecular complexity index is 608. The zero-order valence-corrected chi connectivity index (χ0v) is 18.4. The summed E-state index contributed by atoms with van der Waals surface area (Å²) in [6, 6.07) is 3.92. The molecular formula is C22H38N4O2. The molecule has 1 aliphatic rings. The number of aliphatic imine (C=N–C) groups is 1. The quantitative estimate of drug-likeness (QED) is 0.548. The molecule has 2 unspecified atom stereocenters. The third-order valence-corrected chi connectivity index (χ3v) is 4.75. The molecule has 1 fully saturated rings. The molecule has 1 aromatic rings. The first-order valence-electron chi connectivity index (χ1n) is 10.5. The summed E-state index contributed by atoms with van der Waals surface area (Å²) < 4.78 is 11.7. The number of guanidine groups is 1. The van der Waals surface area contributed by atoms with Crippen molar-refractivity contribution in [3.05, 3.63) is 23.9 Å². The molecule has 0 spiro atoms. The summed E-state index contributed by atoms with van der Waals surface area (Å²) >= 11 is 0. The van der Waals surface area contributed by atoms with Gasteiger partial charge in [-0.3, -0.25) is 0 Å². The van der Waals surface area contributed by atoms with Gasteiger partial charge in [-0.1, -0.05) is 26.8 Å². The molecule has 2 rings (SSSR count). The fourth-order valence-electron chi connectivity index (χ4n) is 3.57. The first-order chi connectivity index (χ1) is 13.3. The predicted octanol–water partition coefficient (Wildman–Crippen LogP) is 3.77. The number of hydrogen-bond donors (Lipinski definition) is 2. The van der Waals surface area contributed by atoms with Crippen molar-refractivity contribution in [1.29, 1.82) is 0 Å². The molecule has 1 aliphatic heterocycles. The molecule has 28 heavy (non-hydrogen) atoms. The number of pyridine rings is 1. The van der Waals surface area contributed by atoms with E-state index in [0.717, 1.165) is 37.6 Å². The summed E-state index contributed by atoms with van der Waals surface area (Å²) in [4.78, 5) is 9.07. The molecule has 1 saturated heterocycles. The lowest BCUT2D eigenvalue weighted by Gasteiger charge is -2.40. The smallest absolute Gasteiger partial charge is 0.213 e. The molecule has 1 aromatic heterocycles. The molecular weight excluding hydrogens is 352 g/mol. The third kappa shape index (κ3) is 7.30. The average molecular weight is 391 g/mol. The molecule has 0 radical (unpaired) electrons. The van der Waals surface area contributed by atoms with Crippen LogP contribution in [0.25, 0.3) is 0 Å². The molecule has 0 saturated carbocycles. The topological polar surface area (TPSA) is 67.8 Å². The van der Waals surface area contributed by atoms with Crippen LogP contribution < -0.4 is 15.4 Å². The van der Waals surface area contributed by atoms with Gasteiger partial charge in [-0.25, -0.2) is 9.98 Å². The van der Waals surface area contributed by atoms with Gasteiger partial charge in [-0.05, 0) is 44.6 Å². The highest BCUT2D eigenvalue weighted by atomic mass is 16.5. The molecule has 6 nitrogen and oxygen atoms in total. The highest BCUT2D eigenvalue weighted by Crippen LogP contribution is 2.33. The zero-order valence-electron chi connectivity index (χ0n) is 18.4. The van der Waals surface area contributed by atoms with Crippen LogP contribution in [0.5, 0.6) is 5.88 Å². The average Bonchev–Trinajstić information content (AvgIpc) is 2.64. The van der Waals surface area contributed by atoms with Crippen LogP contribution in [0.3, 0.4) is 0 Å². The van der Waals surface area contributed by atoms with Gasteiger partial charge < -0.3 is 20.1 Å². The van der Waals surface area contributed by atoms with E-state index >= 15 is 0 Å². The Kier molecular flexibility index (Phi) is 8.55.